The quantitative estimate of drug-likeness (QED) is 0.474. The van der Waals surface area contributed by atoms with Crippen LogP contribution in [0.4, 0.5) is 0 Å². The summed E-state index contributed by atoms with van der Waals surface area (Å²) < 4.78 is 4.93. The van der Waals surface area contributed by atoms with E-state index in [1.165, 1.54) is 25.7 Å². The van der Waals surface area contributed by atoms with Crippen LogP contribution in [0.25, 0.3) is 0 Å². The summed E-state index contributed by atoms with van der Waals surface area (Å²) >= 11 is 0. The average Bonchev–Trinajstić information content (AvgIpc) is 2.88. The Morgan fingerprint density at radius 3 is 2.54 bits per heavy atom. The Morgan fingerprint density at radius 1 is 1.38 bits per heavy atom. The van der Waals surface area contributed by atoms with Gasteiger partial charge >= 0.3 is 5.97 Å². The number of carbonyl (C=O) groups is 1. The van der Waals surface area contributed by atoms with Gasteiger partial charge in [-0.3, -0.25) is 4.79 Å². The molecule has 2 atom stereocenters. The number of carbonyl (C=O) groups excluding carboxylic acids is 1. The summed E-state index contributed by atoms with van der Waals surface area (Å²) in [6.45, 7) is 0.134. The third-order valence-electron chi connectivity index (χ3n) is 3.23. The van der Waals surface area contributed by atoms with Gasteiger partial charge in [-0.05, 0) is 24.7 Å². The molecule has 0 aromatic rings. The Kier molecular flexibility index (Phi) is 2.26. The molecule has 2 rings (SSSR count). The largest absolute Gasteiger partial charge is 0.452 e. The molecule has 0 saturated heterocycles. The highest BCUT2D eigenvalue weighted by molar-refractivity contribution is 5.76. The van der Waals surface area contributed by atoms with E-state index < -0.39 is 0 Å². The minimum absolute atomic E-state index is 0.0603. The van der Waals surface area contributed by atoms with Gasteiger partial charge in [-0.25, -0.2) is 0 Å². The summed E-state index contributed by atoms with van der Waals surface area (Å²) in [7, 11) is 0. The maximum atomic E-state index is 11.4. The van der Waals surface area contributed by atoms with E-state index in [0.717, 1.165) is 0 Å². The molecule has 0 heterocycles. The molecular formula is C11H14O2. The first-order chi connectivity index (χ1) is 6.34. The van der Waals surface area contributed by atoms with Gasteiger partial charge in [-0.1, -0.05) is 18.8 Å². The molecule has 2 aliphatic rings. The fourth-order valence-electron chi connectivity index (χ4n) is 2.55. The Bertz CT molecular complexity index is 239. The lowest BCUT2D eigenvalue weighted by Gasteiger charge is -2.04. The van der Waals surface area contributed by atoms with Crippen molar-refractivity contribution in [3.63, 3.8) is 0 Å². The van der Waals surface area contributed by atoms with Gasteiger partial charge in [0, 0.05) is 0 Å². The van der Waals surface area contributed by atoms with Gasteiger partial charge in [0.15, 0.2) is 6.61 Å². The van der Waals surface area contributed by atoms with Crippen LogP contribution in [0.2, 0.25) is 0 Å². The maximum Gasteiger partial charge on any atom is 0.310 e. The van der Waals surface area contributed by atoms with Crippen molar-refractivity contribution in [1.82, 2.24) is 0 Å². The molecule has 2 fully saturated rings. The molecule has 0 aliphatic heterocycles. The smallest absolute Gasteiger partial charge is 0.310 e. The summed E-state index contributed by atoms with van der Waals surface area (Å²) in [5, 5.41) is 0. The van der Waals surface area contributed by atoms with Crippen LogP contribution in [-0.2, 0) is 9.53 Å². The van der Waals surface area contributed by atoms with Crippen molar-refractivity contribution >= 4 is 5.97 Å². The third kappa shape index (κ3) is 1.56. The lowest BCUT2D eigenvalue weighted by Crippen LogP contribution is -2.08. The first kappa shape index (κ1) is 8.62. The first-order valence-electron chi connectivity index (χ1n) is 4.94. The molecule has 2 aliphatic carbocycles. The highest BCUT2D eigenvalue weighted by Gasteiger charge is 2.55. The molecule has 0 N–H and O–H groups in total. The molecule has 0 spiro atoms. The zero-order valence-electron chi connectivity index (χ0n) is 7.66. The number of hydrogen-bond donors (Lipinski definition) is 0. The molecule has 2 heteroatoms. The molecule has 70 valence electrons. The van der Waals surface area contributed by atoms with E-state index in [1.54, 1.807) is 0 Å². The van der Waals surface area contributed by atoms with Crippen LogP contribution < -0.4 is 0 Å². The highest BCUT2D eigenvalue weighted by atomic mass is 16.5. The van der Waals surface area contributed by atoms with Crippen LogP contribution >= 0.6 is 0 Å². The second-order valence-corrected chi connectivity index (χ2v) is 3.95. The first-order valence-corrected chi connectivity index (χ1v) is 4.94. The lowest BCUT2D eigenvalue weighted by atomic mass is 10.0. The standard InChI is InChI=1S/C11H14O2/c1-2-7-13-11(12)10-8-5-3-4-6-9(8)10/h1,8-10H,3-7H2. The molecule has 0 radical (unpaired) electrons. The van der Waals surface area contributed by atoms with E-state index in [4.69, 9.17) is 11.2 Å². The van der Waals surface area contributed by atoms with Crippen LogP contribution in [0.1, 0.15) is 25.7 Å². The lowest BCUT2D eigenvalue weighted by molar-refractivity contribution is -0.144. The average molecular weight is 178 g/mol. The van der Waals surface area contributed by atoms with Crippen molar-refractivity contribution in [2.45, 2.75) is 25.7 Å². The number of ether oxygens (including phenoxy) is 1. The normalized spacial score (nSPS) is 35.8. The molecule has 0 bridgehead atoms. The van der Waals surface area contributed by atoms with E-state index in [2.05, 4.69) is 5.92 Å². The molecular weight excluding hydrogens is 164 g/mol. The van der Waals surface area contributed by atoms with Crippen LogP contribution in [0.3, 0.4) is 0 Å². The molecule has 0 aromatic carbocycles. The van der Waals surface area contributed by atoms with Crippen molar-refractivity contribution in [3.8, 4) is 12.3 Å². The fourth-order valence-corrected chi connectivity index (χ4v) is 2.55. The van der Waals surface area contributed by atoms with Crippen molar-refractivity contribution < 1.29 is 9.53 Å². The Labute approximate surface area is 78.7 Å². The van der Waals surface area contributed by atoms with Gasteiger partial charge < -0.3 is 4.74 Å². The van der Waals surface area contributed by atoms with Gasteiger partial charge in [0.1, 0.15) is 0 Å². The van der Waals surface area contributed by atoms with Gasteiger partial charge in [-0.2, -0.15) is 0 Å². The number of rotatable bonds is 2. The van der Waals surface area contributed by atoms with E-state index in [1.807, 2.05) is 0 Å². The zero-order valence-corrected chi connectivity index (χ0v) is 7.66. The molecule has 0 aromatic heterocycles. The number of fused-ring (bicyclic) bond motifs is 1. The predicted molar refractivity (Wildman–Crippen MR) is 48.7 cm³/mol. The topological polar surface area (TPSA) is 26.3 Å². The second kappa shape index (κ2) is 3.41. The third-order valence-corrected chi connectivity index (χ3v) is 3.23. The maximum absolute atomic E-state index is 11.4. The second-order valence-electron chi connectivity index (χ2n) is 3.95. The number of hydrogen-bond acceptors (Lipinski definition) is 2. The monoisotopic (exact) mass is 178 g/mol. The Hall–Kier alpha value is -0.970. The van der Waals surface area contributed by atoms with Crippen LogP contribution in [0.15, 0.2) is 0 Å². The van der Waals surface area contributed by atoms with Crippen LogP contribution in [0.5, 0.6) is 0 Å². The Morgan fingerprint density at radius 2 is 2.00 bits per heavy atom. The predicted octanol–water partition coefficient (Wildman–Crippen LogP) is 1.60. The van der Waals surface area contributed by atoms with E-state index in [9.17, 15) is 4.79 Å². The van der Waals surface area contributed by atoms with Crippen molar-refractivity contribution in [2.24, 2.45) is 17.8 Å². The summed E-state index contributed by atoms with van der Waals surface area (Å²) in [6, 6.07) is 0. The van der Waals surface area contributed by atoms with E-state index >= 15 is 0 Å². The SMILES string of the molecule is C#CCOC(=O)C1C2CCCCC21. The number of terminal acetylenes is 1. The molecule has 13 heavy (non-hydrogen) atoms. The van der Waals surface area contributed by atoms with Crippen molar-refractivity contribution in [1.29, 1.82) is 0 Å². The molecule has 2 unspecified atom stereocenters. The molecule has 2 nitrogen and oxygen atoms in total. The summed E-state index contributed by atoms with van der Waals surface area (Å²) in [5.41, 5.74) is 0. The molecule has 0 amide bonds. The summed E-state index contributed by atoms with van der Waals surface area (Å²) in [6.07, 6.45) is 9.99. The minimum Gasteiger partial charge on any atom is -0.452 e. The fraction of sp³-hybridized carbons (Fsp3) is 0.727. The van der Waals surface area contributed by atoms with Crippen LogP contribution in [-0.4, -0.2) is 12.6 Å². The Balaban J connectivity index is 1.83. The van der Waals surface area contributed by atoms with Crippen molar-refractivity contribution in [3.05, 3.63) is 0 Å². The van der Waals surface area contributed by atoms with Crippen molar-refractivity contribution in [2.75, 3.05) is 6.61 Å². The number of esters is 1. The highest BCUT2D eigenvalue weighted by Crippen LogP contribution is 2.55. The minimum atomic E-state index is -0.0603. The van der Waals surface area contributed by atoms with Gasteiger partial charge in [0.05, 0.1) is 5.92 Å². The summed E-state index contributed by atoms with van der Waals surface area (Å²) in [4.78, 5) is 11.4. The van der Waals surface area contributed by atoms with Gasteiger partial charge in [0.25, 0.3) is 0 Å². The van der Waals surface area contributed by atoms with E-state index in [-0.39, 0.29) is 18.5 Å². The van der Waals surface area contributed by atoms with Crippen LogP contribution in [0, 0.1) is 30.1 Å². The molecule has 2 saturated carbocycles. The van der Waals surface area contributed by atoms with Gasteiger partial charge in [-0.15, -0.1) is 6.42 Å². The zero-order chi connectivity index (χ0) is 9.26. The van der Waals surface area contributed by atoms with E-state index in [0.29, 0.717) is 11.8 Å². The van der Waals surface area contributed by atoms with Gasteiger partial charge in [0.2, 0.25) is 0 Å². The summed E-state index contributed by atoms with van der Waals surface area (Å²) in [5.74, 6) is 3.70.